The molecular formula is C11H13F3O6. The maximum absolute atomic E-state index is 12.6. The number of carbonyl (C=O) groups excluding carboxylic acids is 2. The molecule has 0 aromatic heterocycles. The van der Waals surface area contributed by atoms with Crippen LogP contribution in [-0.2, 0) is 23.8 Å². The molecule has 0 spiro atoms. The first kappa shape index (κ1) is 16.4. The van der Waals surface area contributed by atoms with Crippen LogP contribution in [0.2, 0.25) is 0 Å². The summed E-state index contributed by atoms with van der Waals surface area (Å²) in [5.41, 5.74) is -1.37. The van der Waals surface area contributed by atoms with Crippen molar-refractivity contribution in [2.75, 3.05) is 6.61 Å². The Morgan fingerprint density at radius 2 is 1.95 bits per heavy atom. The Labute approximate surface area is 112 Å². The van der Waals surface area contributed by atoms with Gasteiger partial charge in [0.25, 0.3) is 0 Å². The van der Waals surface area contributed by atoms with Gasteiger partial charge in [0.2, 0.25) is 0 Å². The van der Waals surface area contributed by atoms with Crippen molar-refractivity contribution < 1.29 is 42.1 Å². The lowest BCUT2D eigenvalue weighted by atomic mass is 10.1. The van der Waals surface area contributed by atoms with E-state index < -0.39 is 48.8 Å². The lowest BCUT2D eigenvalue weighted by molar-refractivity contribution is -0.209. The normalized spacial score (nSPS) is 26.7. The predicted octanol–water partition coefficient (Wildman–Crippen LogP) is 0.687. The maximum atomic E-state index is 12.6. The Hall–Kier alpha value is -1.61. The third kappa shape index (κ3) is 4.49. The van der Waals surface area contributed by atoms with Crippen LogP contribution in [0.5, 0.6) is 0 Å². The van der Waals surface area contributed by atoms with E-state index >= 15 is 0 Å². The number of hydrogen-bond acceptors (Lipinski definition) is 6. The van der Waals surface area contributed by atoms with E-state index in [1.54, 1.807) is 0 Å². The number of aliphatic hydroxyl groups is 1. The highest BCUT2D eigenvalue weighted by molar-refractivity contribution is 5.67. The zero-order valence-corrected chi connectivity index (χ0v) is 10.6. The summed E-state index contributed by atoms with van der Waals surface area (Å²) in [6.07, 6.45) is -9.15. The summed E-state index contributed by atoms with van der Waals surface area (Å²) < 4.78 is 51.8. The van der Waals surface area contributed by atoms with Gasteiger partial charge in [-0.3, -0.25) is 9.59 Å². The quantitative estimate of drug-likeness (QED) is 0.610. The van der Waals surface area contributed by atoms with Crippen LogP contribution in [-0.4, -0.2) is 48.3 Å². The van der Waals surface area contributed by atoms with Gasteiger partial charge in [-0.25, -0.2) is 0 Å². The molecule has 1 aliphatic heterocycles. The third-order valence-corrected chi connectivity index (χ3v) is 2.36. The summed E-state index contributed by atoms with van der Waals surface area (Å²) >= 11 is 0. The minimum absolute atomic E-state index is 0.452. The highest BCUT2D eigenvalue weighted by Crippen LogP contribution is 2.33. The number of carbonyl (C=O) groups is 2. The molecule has 6 nitrogen and oxygen atoms in total. The number of alkyl halides is 3. The highest BCUT2D eigenvalue weighted by atomic mass is 19.4. The zero-order chi connectivity index (χ0) is 15.5. The van der Waals surface area contributed by atoms with Crippen molar-refractivity contribution >= 4 is 11.9 Å². The molecule has 0 aromatic carbocycles. The van der Waals surface area contributed by atoms with Crippen molar-refractivity contribution in [2.45, 2.75) is 38.5 Å². The lowest BCUT2D eigenvalue weighted by Crippen LogP contribution is -2.45. The topological polar surface area (TPSA) is 82.1 Å². The highest BCUT2D eigenvalue weighted by Gasteiger charge is 2.45. The second kappa shape index (κ2) is 6.23. The SMILES string of the molecule is CC(=O)OC[C@H]1O[C@H](O)C(C(F)(F)F)=C[C@@H]1OC(C)=O. The summed E-state index contributed by atoms with van der Waals surface area (Å²) in [5, 5.41) is 9.30. The van der Waals surface area contributed by atoms with Gasteiger partial charge in [-0.05, 0) is 6.08 Å². The van der Waals surface area contributed by atoms with Gasteiger partial charge in [0.1, 0.15) is 12.7 Å². The van der Waals surface area contributed by atoms with E-state index in [9.17, 15) is 27.9 Å². The largest absolute Gasteiger partial charge is 0.463 e. The van der Waals surface area contributed by atoms with Crippen LogP contribution in [0.3, 0.4) is 0 Å². The molecule has 0 unspecified atom stereocenters. The van der Waals surface area contributed by atoms with Crippen molar-refractivity contribution in [3.63, 3.8) is 0 Å². The van der Waals surface area contributed by atoms with Crippen LogP contribution >= 0.6 is 0 Å². The molecule has 0 saturated carbocycles. The second-order valence-electron chi connectivity index (χ2n) is 4.02. The molecule has 0 aliphatic carbocycles. The van der Waals surface area contributed by atoms with Crippen LogP contribution in [0.25, 0.3) is 0 Å². The number of ether oxygens (including phenoxy) is 3. The number of aliphatic hydroxyl groups excluding tert-OH is 1. The van der Waals surface area contributed by atoms with Gasteiger partial charge in [0.15, 0.2) is 12.4 Å². The van der Waals surface area contributed by atoms with Gasteiger partial charge in [-0.15, -0.1) is 0 Å². The standard InChI is InChI=1S/C11H13F3O6/c1-5(15)18-4-9-8(19-6(2)16)3-7(10(17)20-9)11(12,13)14/h3,8-10,17H,4H2,1-2H3/t8-,9+,10-/m0/s1. The average Bonchev–Trinajstić information content (AvgIpc) is 2.26. The van der Waals surface area contributed by atoms with Gasteiger partial charge < -0.3 is 19.3 Å². The van der Waals surface area contributed by atoms with Gasteiger partial charge in [0, 0.05) is 13.8 Å². The zero-order valence-electron chi connectivity index (χ0n) is 10.6. The van der Waals surface area contributed by atoms with Crippen molar-refractivity contribution in [1.82, 2.24) is 0 Å². The monoisotopic (exact) mass is 298 g/mol. The molecule has 1 heterocycles. The molecule has 1 rings (SSSR count). The molecule has 0 fully saturated rings. The number of esters is 2. The molecule has 0 saturated heterocycles. The van der Waals surface area contributed by atoms with E-state index in [4.69, 9.17) is 4.74 Å². The third-order valence-electron chi connectivity index (χ3n) is 2.36. The fourth-order valence-electron chi connectivity index (χ4n) is 1.55. The van der Waals surface area contributed by atoms with Crippen LogP contribution in [0, 0.1) is 0 Å². The summed E-state index contributed by atoms with van der Waals surface area (Å²) in [6, 6.07) is 0. The van der Waals surface area contributed by atoms with Crippen molar-refractivity contribution in [3.8, 4) is 0 Å². The van der Waals surface area contributed by atoms with Crippen LogP contribution < -0.4 is 0 Å². The first-order valence-corrected chi connectivity index (χ1v) is 5.54. The summed E-state index contributed by atoms with van der Waals surface area (Å²) in [4.78, 5) is 21.6. The second-order valence-corrected chi connectivity index (χ2v) is 4.02. The molecular weight excluding hydrogens is 285 g/mol. The van der Waals surface area contributed by atoms with E-state index in [2.05, 4.69) is 9.47 Å². The van der Waals surface area contributed by atoms with Crippen molar-refractivity contribution in [3.05, 3.63) is 11.6 Å². The number of rotatable bonds is 3. The van der Waals surface area contributed by atoms with E-state index in [0.717, 1.165) is 13.8 Å². The van der Waals surface area contributed by atoms with Gasteiger partial charge in [-0.2, -0.15) is 13.2 Å². The van der Waals surface area contributed by atoms with E-state index in [0.29, 0.717) is 6.08 Å². The van der Waals surface area contributed by atoms with Crippen molar-refractivity contribution in [2.24, 2.45) is 0 Å². The maximum Gasteiger partial charge on any atom is 0.417 e. The predicted molar refractivity (Wildman–Crippen MR) is 57.2 cm³/mol. The molecule has 0 amide bonds. The molecule has 3 atom stereocenters. The first-order valence-electron chi connectivity index (χ1n) is 5.54. The Morgan fingerprint density at radius 1 is 1.35 bits per heavy atom. The first-order chi connectivity index (χ1) is 9.11. The van der Waals surface area contributed by atoms with Crippen LogP contribution in [0.1, 0.15) is 13.8 Å². The molecule has 1 N–H and O–H groups in total. The molecule has 0 radical (unpaired) electrons. The van der Waals surface area contributed by atoms with Gasteiger partial charge in [-0.1, -0.05) is 0 Å². The number of halogens is 3. The molecule has 0 bridgehead atoms. The minimum Gasteiger partial charge on any atom is -0.463 e. The van der Waals surface area contributed by atoms with Gasteiger partial charge in [0.05, 0.1) is 5.57 Å². The van der Waals surface area contributed by atoms with Crippen LogP contribution in [0.4, 0.5) is 13.2 Å². The van der Waals surface area contributed by atoms with Gasteiger partial charge >= 0.3 is 18.1 Å². The smallest absolute Gasteiger partial charge is 0.417 e. The van der Waals surface area contributed by atoms with E-state index in [1.165, 1.54) is 0 Å². The minimum atomic E-state index is -4.83. The van der Waals surface area contributed by atoms with Crippen molar-refractivity contribution in [1.29, 1.82) is 0 Å². The molecule has 1 aliphatic rings. The Kier molecular flexibility index (Phi) is 5.12. The average molecular weight is 298 g/mol. The number of hydrogen-bond donors (Lipinski definition) is 1. The molecule has 9 heteroatoms. The van der Waals surface area contributed by atoms with E-state index in [1.807, 2.05) is 0 Å². The summed E-state index contributed by atoms with van der Waals surface area (Å²) in [6.45, 7) is 1.65. The van der Waals surface area contributed by atoms with Crippen LogP contribution in [0.15, 0.2) is 11.6 Å². The lowest BCUT2D eigenvalue weighted by Gasteiger charge is -2.33. The summed E-state index contributed by atoms with van der Waals surface area (Å²) in [7, 11) is 0. The molecule has 20 heavy (non-hydrogen) atoms. The molecule has 0 aromatic rings. The Morgan fingerprint density at radius 3 is 2.40 bits per heavy atom. The Balaban J connectivity index is 2.94. The Bertz CT molecular complexity index is 417. The fourth-order valence-corrected chi connectivity index (χ4v) is 1.55. The van der Waals surface area contributed by atoms with E-state index in [-0.39, 0.29) is 0 Å². The summed E-state index contributed by atoms with van der Waals surface area (Å²) in [5.74, 6) is -1.52. The fraction of sp³-hybridized carbons (Fsp3) is 0.636. The molecule has 114 valence electrons.